The molecule has 5 nitrogen and oxygen atoms in total. The smallest absolute Gasteiger partial charge is 0.310 e. The zero-order valence-corrected chi connectivity index (χ0v) is 11.4. The molecule has 0 spiro atoms. The van der Waals surface area contributed by atoms with E-state index in [-0.39, 0.29) is 17.8 Å². The average Bonchev–Trinajstić information content (AvgIpc) is 2.38. The Bertz CT molecular complexity index is 294. The number of carbonyl (C=O) groups is 2. The minimum atomic E-state index is -0.434. The van der Waals surface area contributed by atoms with Crippen LogP contribution in [0.2, 0.25) is 0 Å². The molecule has 104 valence electrons. The molecule has 1 fully saturated rings. The van der Waals surface area contributed by atoms with Gasteiger partial charge in [0, 0.05) is 13.1 Å². The summed E-state index contributed by atoms with van der Waals surface area (Å²) < 4.78 is 5.01. The van der Waals surface area contributed by atoms with E-state index in [1.54, 1.807) is 11.8 Å². The highest BCUT2D eigenvalue weighted by Crippen LogP contribution is 2.18. The number of esters is 1. The van der Waals surface area contributed by atoms with Crippen LogP contribution in [-0.4, -0.2) is 42.5 Å². The minimum Gasteiger partial charge on any atom is -0.466 e. The summed E-state index contributed by atoms with van der Waals surface area (Å²) in [6.45, 7) is 5.34. The maximum Gasteiger partial charge on any atom is 0.310 e. The summed E-state index contributed by atoms with van der Waals surface area (Å²) in [5, 5.41) is 0. The van der Waals surface area contributed by atoms with Crippen LogP contribution in [0.3, 0.4) is 0 Å². The van der Waals surface area contributed by atoms with E-state index < -0.39 is 6.04 Å². The molecule has 2 atom stereocenters. The third kappa shape index (κ3) is 3.98. The number of amides is 1. The molecule has 2 unspecified atom stereocenters. The number of piperidine rings is 1. The Morgan fingerprint density at radius 3 is 2.78 bits per heavy atom. The molecule has 0 aromatic carbocycles. The highest BCUT2D eigenvalue weighted by molar-refractivity contribution is 5.82. The highest BCUT2D eigenvalue weighted by atomic mass is 16.5. The van der Waals surface area contributed by atoms with Crippen molar-refractivity contribution >= 4 is 11.9 Å². The Hall–Kier alpha value is -1.10. The molecule has 0 bridgehead atoms. The molecule has 1 aliphatic rings. The molecule has 0 aromatic heterocycles. The van der Waals surface area contributed by atoms with Crippen LogP contribution in [-0.2, 0) is 14.3 Å². The fraction of sp³-hybridized carbons (Fsp3) is 0.846. The maximum atomic E-state index is 12.1. The number of carbonyl (C=O) groups excluding carboxylic acids is 2. The lowest BCUT2D eigenvalue weighted by molar-refractivity contribution is -0.151. The summed E-state index contributed by atoms with van der Waals surface area (Å²) >= 11 is 0. The van der Waals surface area contributed by atoms with Crippen LogP contribution in [0.25, 0.3) is 0 Å². The second kappa shape index (κ2) is 7.36. The molecular formula is C13H24N2O3. The van der Waals surface area contributed by atoms with Crippen molar-refractivity contribution < 1.29 is 14.3 Å². The summed E-state index contributed by atoms with van der Waals surface area (Å²) in [5.41, 5.74) is 5.83. The zero-order chi connectivity index (χ0) is 13.5. The Morgan fingerprint density at radius 2 is 2.17 bits per heavy atom. The molecule has 1 amide bonds. The van der Waals surface area contributed by atoms with Gasteiger partial charge in [-0.15, -0.1) is 0 Å². The molecule has 18 heavy (non-hydrogen) atoms. The van der Waals surface area contributed by atoms with Crippen LogP contribution in [0.15, 0.2) is 0 Å². The van der Waals surface area contributed by atoms with Gasteiger partial charge >= 0.3 is 5.97 Å². The topological polar surface area (TPSA) is 72.6 Å². The fourth-order valence-electron chi connectivity index (χ4n) is 2.30. The normalized spacial score (nSPS) is 21.5. The van der Waals surface area contributed by atoms with Crippen molar-refractivity contribution in [3.8, 4) is 0 Å². The number of hydrogen-bond acceptors (Lipinski definition) is 4. The lowest BCUT2D eigenvalue weighted by atomic mass is 9.97. The van der Waals surface area contributed by atoms with Gasteiger partial charge in [-0.3, -0.25) is 9.59 Å². The predicted molar refractivity (Wildman–Crippen MR) is 68.8 cm³/mol. The van der Waals surface area contributed by atoms with Gasteiger partial charge in [0.2, 0.25) is 5.91 Å². The second-order valence-electron chi connectivity index (χ2n) is 4.77. The third-order valence-electron chi connectivity index (χ3n) is 3.27. The lowest BCUT2D eigenvalue weighted by Gasteiger charge is -2.33. The molecule has 1 heterocycles. The Labute approximate surface area is 109 Å². The number of ether oxygens (including phenoxy) is 1. The Morgan fingerprint density at radius 1 is 1.44 bits per heavy atom. The lowest BCUT2D eigenvalue weighted by Crippen LogP contribution is -2.49. The van der Waals surface area contributed by atoms with Crippen molar-refractivity contribution in [1.29, 1.82) is 0 Å². The maximum absolute atomic E-state index is 12.1. The number of hydrogen-bond donors (Lipinski definition) is 1. The van der Waals surface area contributed by atoms with Crippen molar-refractivity contribution in [1.82, 2.24) is 4.90 Å². The van der Waals surface area contributed by atoms with Crippen LogP contribution >= 0.6 is 0 Å². The van der Waals surface area contributed by atoms with Crippen molar-refractivity contribution in [3.05, 3.63) is 0 Å². The van der Waals surface area contributed by atoms with Gasteiger partial charge in [0.1, 0.15) is 0 Å². The molecule has 5 heteroatoms. The van der Waals surface area contributed by atoms with Crippen molar-refractivity contribution in [2.45, 2.75) is 45.6 Å². The number of likely N-dealkylation sites (tertiary alicyclic amines) is 1. The summed E-state index contributed by atoms with van der Waals surface area (Å²) in [4.78, 5) is 25.4. The summed E-state index contributed by atoms with van der Waals surface area (Å²) in [7, 11) is 0. The summed E-state index contributed by atoms with van der Waals surface area (Å²) in [6, 6.07) is -0.434. The number of nitrogens with zero attached hydrogens (tertiary/aromatic N) is 1. The Kier molecular flexibility index (Phi) is 6.12. The van der Waals surface area contributed by atoms with E-state index in [9.17, 15) is 9.59 Å². The SMILES string of the molecule is CCCC(N)C(=O)N1CCCC(C(=O)OCC)C1. The molecule has 0 saturated carbocycles. The largest absolute Gasteiger partial charge is 0.466 e. The molecule has 1 aliphatic heterocycles. The van der Waals surface area contributed by atoms with Gasteiger partial charge in [-0.25, -0.2) is 0 Å². The molecule has 0 aromatic rings. The van der Waals surface area contributed by atoms with Crippen molar-refractivity contribution in [2.75, 3.05) is 19.7 Å². The number of nitrogens with two attached hydrogens (primary N) is 1. The first-order chi connectivity index (χ1) is 8.60. The van der Waals surface area contributed by atoms with Crippen molar-refractivity contribution in [2.24, 2.45) is 11.7 Å². The fourth-order valence-corrected chi connectivity index (χ4v) is 2.30. The van der Waals surface area contributed by atoms with Gasteiger partial charge in [-0.2, -0.15) is 0 Å². The van der Waals surface area contributed by atoms with Gasteiger partial charge in [-0.1, -0.05) is 13.3 Å². The average molecular weight is 256 g/mol. The molecule has 0 aliphatic carbocycles. The van der Waals surface area contributed by atoms with Gasteiger partial charge < -0.3 is 15.4 Å². The first-order valence-electron chi connectivity index (χ1n) is 6.81. The second-order valence-corrected chi connectivity index (χ2v) is 4.77. The molecule has 0 radical (unpaired) electrons. The van der Waals surface area contributed by atoms with Gasteiger partial charge in [0.25, 0.3) is 0 Å². The summed E-state index contributed by atoms with van der Waals surface area (Å²) in [6.07, 6.45) is 3.22. The highest BCUT2D eigenvalue weighted by Gasteiger charge is 2.30. The first-order valence-corrected chi connectivity index (χ1v) is 6.81. The molecule has 2 N–H and O–H groups in total. The van der Waals surface area contributed by atoms with E-state index in [1.165, 1.54) is 0 Å². The van der Waals surface area contributed by atoms with E-state index in [2.05, 4.69) is 0 Å². The van der Waals surface area contributed by atoms with E-state index in [4.69, 9.17) is 10.5 Å². The molecule has 1 rings (SSSR count). The monoisotopic (exact) mass is 256 g/mol. The molecular weight excluding hydrogens is 232 g/mol. The van der Waals surface area contributed by atoms with Crippen molar-refractivity contribution in [3.63, 3.8) is 0 Å². The van der Waals surface area contributed by atoms with Crippen LogP contribution in [0.1, 0.15) is 39.5 Å². The van der Waals surface area contributed by atoms with Gasteiger partial charge in [0.05, 0.1) is 18.6 Å². The number of rotatable bonds is 5. The molecule has 1 saturated heterocycles. The van der Waals surface area contributed by atoms with E-state index in [0.29, 0.717) is 26.1 Å². The summed E-state index contributed by atoms with van der Waals surface area (Å²) in [5.74, 6) is -0.415. The first kappa shape index (κ1) is 15.0. The van der Waals surface area contributed by atoms with Crippen LogP contribution in [0.5, 0.6) is 0 Å². The van der Waals surface area contributed by atoms with E-state index in [1.807, 2.05) is 6.92 Å². The van der Waals surface area contributed by atoms with Gasteiger partial charge in [0.15, 0.2) is 0 Å². The van der Waals surface area contributed by atoms with Gasteiger partial charge in [-0.05, 0) is 26.2 Å². The van der Waals surface area contributed by atoms with E-state index in [0.717, 1.165) is 19.3 Å². The zero-order valence-electron chi connectivity index (χ0n) is 11.4. The standard InChI is InChI=1S/C13H24N2O3/c1-3-6-11(14)12(16)15-8-5-7-10(9-15)13(17)18-4-2/h10-11H,3-9,14H2,1-2H3. The Balaban J connectivity index is 2.52. The van der Waals surface area contributed by atoms with Crippen LogP contribution in [0.4, 0.5) is 0 Å². The van der Waals surface area contributed by atoms with Crippen LogP contribution < -0.4 is 5.73 Å². The van der Waals surface area contributed by atoms with Crippen LogP contribution in [0, 0.1) is 5.92 Å². The quantitative estimate of drug-likeness (QED) is 0.742. The third-order valence-corrected chi connectivity index (χ3v) is 3.27. The minimum absolute atomic E-state index is 0.0363. The van der Waals surface area contributed by atoms with E-state index >= 15 is 0 Å². The predicted octanol–water partition coefficient (Wildman–Crippen LogP) is 0.915.